The molecule has 0 bridgehead atoms. The summed E-state index contributed by atoms with van der Waals surface area (Å²) in [5.74, 6) is -1.31. The first kappa shape index (κ1) is 10.8. The number of ketones is 1. The van der Waals surface area contributed by atoms with Gasteiger partial charge < -0.3 is 10.2 Å². The topological polar surface area (TPSA) is 69.9 Å². The summed E-state index contributed by atoms with van der Waals surface area (Å²) in [5.41, 5.74) is 0.155. The first-order valence-corrected chi connectivity index (χ1v) is 4.42. The number of nitrogens with zero attached hydrogens (tertiary/aromatic N) is 1. The van der Waals surface area contributed by atoms with Gasteiger partial charge in [-0.1, -0.05) is 0 Å². The molecular formula is C9H11NO3S. The Bertz CT molecular complexity index is 361. The molecule has 0 aromatic carbocycles. The van der Waals surface area contributed by atoms with Crippen molar-refractivity contribution >= 4 is 24.1 Å². The maximum atomic E-state index is 10.9. The van der Waals surface area contributed by atoms with Crippen LogP contribution in [0.25, 0.3) is 0 Å². The number of hydrogen-bond donors (Lipinski definition) is 3. The summed E-state index contributed by atoms with van der Waals surface area (Å²) in [6.07, 6.45) is 2.04. The molecule has 0 unspecified atom stereocenters. The minimum Gasteiger partial charge on any atom is -0.506 e. The second kappa shape index (κ2) is 3.49. The first-order valence-electron chi connectivity index (χ1n) is 3.98. The highest BCUT2D eigenvalue weighted by atomic mass is 32.1. The molecule has 0 fully saturated rings. The number of carbonyl (C=O) groups is 1. The number of hydrogen-bond acceptors (Lipinski definition) is 5. The van der Waals surface area contributed by atoms with E-state index in [4.69, 9.17) is 5.11 Å². The number of carbonyl (C=O) groups excluding carboxylic acids is 1. The zero-order valence-electron chi connectivity index (χ0n) is 7.85. The molecule has 0 radical (unpaired) electrons. The second-order valence-corrected chi connectivity index (χ2v) is 4.51. The molecule has 1 aliphatic rings. The van der Waals surface area contributed by atoms with Gasteiger partial charge in [0.15, 0.2) is 5.76 Å². The highest BCUT2D eigenvalue weighted by Crippen LogP contribution is 2.18. The molecule has 1 rings (SSSR count). The minimum absolute atomic E-state index is 0.155. The summed E-state index contributed by atoms with van der Waals surface area (Å²) in [6, 6.07) is 0. The molecule has 0 amide bonds. The predicted octanol–water partition coefficient (Wildman–Crippen LogP) is 1.56. The molecule has 0 aromatic heterocycles. The maximum Gasteiger partial charge on any atom is 0.223 e. The number of allylic oxidation sites excluding steroid dienone is 2. The van der Waals surface area contributed by atoms with Crippen LogP contribution in [0.15, 0.2) is 28.7 Å². The third-order valence-corrected chi connectivity index (χ3v) is 1.55. The molecule has 0 spiro atoms. The molecule has 0 aliphatic heterocycles. The van der Waals surface area contributed by atoms with E-state index >= 15 is 0 Å². The van der Waals surface area contributed by atoms with E-state index < -0.39 is 16.4 Å². The summed E-state index contributed by atoms with van der Waals surface area (Å²) >= 11 is 4.14. The average Bonchev–Trinajstić information content (AvgIpc) is 1.97. The van der Waals surface area contributed by atoms with Crippen LogP contribution >= 0.6 is 12.6 Å². The number of rotatable bonds is 1. The average molecular weight is 213 g/mol. The quantitative estimate of drug-likeness (QED) is 0.457. The molecule has 0 heterocycles. The predicted molar refractivity (Wildman–Crippen MR) is 56.9 cm³/mol. The van der Waals surface area contributed by atoms with Gasteiger partial charge in [0.2, 0.25) is 5.78 Å². The molecule has 5 heteroatoms. The molecule has 0 atom stereocenters. The Kier molecular flexibility index (Phi) is 2.71. The summed E-state index contributed by atoms with van der Waals surface area (Å²) in [6.45, 7) is 3.44. The minimum atomic E-state index is -0.672. The van der Waals surface area contributed by atoms with E-state index in [2.05, 4.69) is 17.6 Å². The van der Waals surface area contributed by atoms with Gasteiger partial charge in [0.05, 0.1) is 4.87 Å². The van der Waals surface area contributed by atoms with Crippen LogP contribution in [-0.4, -0.2) is 26.6 Å². The van der Waals surface area contributed by atoms with Crippen molar-refractivity contribution in [1.29, 1.82) is 0 Å². The Balaban J connectivity index is 3.09. The molecule has 2 N–H and O–H groups in total. The number of aliphatic imine (C=N–C) groups is 1. The lowest BCUT2D eigenvalue weighted by molar-refractivity contribution is -0.113. The molecule has 76 valence electrons. The van der Waals surface area contributed by atoms with Crippen LogP contribution in [0.5, 0.6) is 0 Å². The van der Waals surface area contributed by atoms with E-state index in [0.29, 0.717) is 0 Å². The Labute approximate surface area is 87.1 Å². The smallest absolute Gasteiger partial charge is 0.223 e. The van der Waals surface area contributed by atoms with Crippen molar-refractivity contribution in [2.75, 3.05) is 0 Å². The van der Waals surface area contributed by atoms with Gasteiger partial charge in [-0.25, -0.2) is 0 Å². The van der Waals surface area contributed by atoms with Gasteiger partial charge in [-0.05, 0) is 13.8 Å². The number of aliphatic hydroxyl groups excluding tert-OH is 2. The summed E-state index contributed by atoms with van der Waals surface area (Å²) in [4.78, 5) is 14.2. The van der Waals surface area contributed by atoms with Crippen LogP contribution in [0.1, 0.15) is 13.8 Å². The fourth-order valence-electron chi connectivity index (χ4n) is 0.931. The van der Waals surface area contributed by atoms with E-state index in [1.165, 1.54) is 0 Å². The van der Waals surface area contributed by atoms with Gasteiger partial charge in [0, 0.05) is 12.2 Å². The molecule has 0 saturated heterocycles. The lowest BCUT2D eigenvalue weighted by atomic mass is 10.1. The van der Waals surface area contributed by atoms with Crippen LogP contribution < -0.4 is 0 Å². The molecule has 0 aromatic rings. The standard InChI is InChI=1S/C9H11NO3S/c1-9(2,14)10-5-3-7(12)8(13)4-6(5)11/h3-4,11-12,14H,1-2H3/b10-5+. The van der Waals surface area contributed by atoms with Crippen molar-refractivity contribution in [1.82, 2.24) is 0 Å². The molecule has 14 heavy (non-hydrogen) atoms. The summed E-state index contributed by atoms with van der Waals surface area (Å²) in [5, 5.41) is 18.5. The third kappa shape index (κ3) is 2.63. The van der Waals surface area contributed by atoms with E-state index in [-0.39, 0.29) is 11.5 Å². The van der Waals surface area contributed by atoms with Crippen LogP contribution in [0.3, 0.4) is 0 Å². The van der Waals surface area contributed by atoms with E-state index in [1.54, 1.807) is 13.8 Å². The normalized spacial score (nSPS) is 20.8. The van der Waals surface area contributed by atoms with Crippen molar-refractivity contribution in [2.45, 2.75) is 18.7 Å². The molecule has 1 aliphatic carbocycles. The van der Waals surface area contributed by atoms with Crippen molar-refractivity contribution in [3.8, 4) is 0 Å². The Hall–Kier alpha value is -1.23. The van der Waals surface area contributed by atoms with Crippen LogP contribution in [0.2, 0.25) is 0 Å². The monoisotopic (exact) mass is 213 g/mol. The van der Waals surface area contributed by atoms with Gasteiger partial charge in [-0.3, -0.25) is 9.79 Å². The van der Waals surface area contributed by atoms with Crippen molar-refractivity contribution in [3.63, 3.8) is 0 Å². The lowest BCUT2D eigenvalue weighted by Gasteiger charge is -2.14. The fraction of sp³-hybridized carbons (Fsp3) is 0.333. The fourth-order valence-corrected chi connectivity index (χ4v) is 1.04. The van der Waals surface area contributed by atoms with E-state index in [9.17, 15) is 9.90 Å². The van der Waals surface area contributed by atoms with E-state index in [0.717, 1.165) is 12.2 Å². The third-order valence-electron chi connectivity index (χ3n) is 1.45. The molecule has 0 saturated carbocycles. The number of aliphatic hydroxyl groups is 2. The van der Waals surface area contributed by atoms with Crippen molar-refractivity contribution in [2.24, 2.45) is 4.99 Å². The van der Waals surface area contributed by atoms with Crippen LogP contribution in [-0.2, 0) is 4.79 Å². The van der Waals surface area contributed by atoms with Crippen LogP contribution in [0, 0.1) is 0 Å². The maximum absolute atomic E-state index is 10.9. The Morgan fingerprint density at radius 3 is 2.36 bits per heavy atom. The van der Waals surface area contributed by atoms with E-state index in [1.807, 2.05) is 0 Å². The van der Waals surface area contributed by atoms with Gasteiger partial charge in [-0.2, -0.15) is 0 Å². The van der Waals surface area contributed by atoms with Gasteiger partial charge in [-0.15, -0.1) is 12.6 Å². The zero-order chi connectivity index (χ0) is 10.9. The van der Waals surface area contributed by atoms with Gasteiger partial charge >= 0.3 is 0 Å². The summed E-state index contributed by atoms with van der Waals surface area (Å²) in [7, 11) is 0. The molecule has 4 nitrogen and oxygen atoms in total. The lowest BCUT2D eigenvalue weighted by Crippen LogP contribution is -2.17. The number of thiol groups is 1. The van der Waals surface area contributed by atoms with Gasteiger partial charge in [0.25, 0.3) is 0 Å². The van der Waals surface area contributed by atoms with Crippen LogP contribution in [0.4, 0.5) is 0 Å². The SMILES string of the molecule is CC(C)(S)/N=C1\C=C(O)C(=O)C=C1O. The highest BCUT2D eigenvalue weighted by Gasteiger charge is 2.19. The largest absolute Gasteiger partial charge is 0.506 e. The highest BCUT2D eigenvalue weighted by molar-refractivity contribution is 7.81. The zero-order valence-corrected chi connectivity index (χ0v) is 8.75. The second-order valence-electron chi connectivity index (χ2n) is 3.41. The first-order chi connectivity index (χ1) is 6.29. The van der Waals surface area contributed by atoms with Crippen molar-refractivity contribution in [3.05, 3.63) is 23.7 Å². The Morgan fingerprint density at radius 2 is 1.86 bits per heavy atom. The van der Waals surface area contributed by atoms with Gasteiger partial charge in [0.1, 0.15) is 11.5 Å². The molecular weight excluding hydrogens is 202 g/mol. The Morgan fingerprint density at radius 1 is 1.29 bits per heavy atom. The summed E-state index contributed by atoms with van der Waals surface area (Å²) < 4.78 is 0. The van der Waals surface area contributed by atoms with Crippen molar-refractivity contribution < 1.29 is 15.0 Å².